The zero-order valence-corrected chi connectivity index (χ0v) is 10.5. The number of benzene rings is 1. The first-order valence-electron chi connectivity index (χ1n) is 5.27. The van der Waals surface area contributed by atoms with Gasteiger partial charge >= 0.3 is 0 Å². The summed E-state index contributed by atoms with van der Waals surface area (Å²) in [6.45, 7) is 16.7. The monoisotopic (exact) mass is 219 g/mol. The molecule has 0 saturated carbocycles. The van der Waals surface area contributed by atoms with Gasteiger partial charge < -0.3 is 0 Å². The van der Waals surface area contributed by atoms with Crippen molar-refractivity contribution in [1.29, 1.82) is 0 Å². The molecule has 0 unspecified atom stereocenters. The largest absolute Gasteiger partial charge is 0.207 e. The van der Waals surface area contributed by atoms with Gasteiger partial charge in [-0.05, 0) is 42.0 Å². The summed E-state index contributed by atoms with van der Waals surface area (Å²) in [5.74, 6) is -0.188. The lowest BCUT2D eigenvalue weighted by Gasteiger charge is -2.21. The summed E-state index contributed by atoms with van der Waals surface area (Å²) < 4.78 is 12.8. The summed E-state index contributed by atoms with van der Waals surface area (Å²) in [7, 11) is 0. The molecular formula is C15H20F. The van der Waals surface area contributed by atoms with E-state index in [9.17, 15) is 4.39 Å². The smallest absolute Gasteiger partial charge is 0.123 e. The second-order valence-electron chi connectivity index (χ2n) is 4.58. The maximum Gasteiger partial charge on any atom is 0.123 e. The molecule has 0 aliphatic carbocycles. The highest BCUT2D eigenvalue weighted by molar-refractivity contribution is 5.35. The summed E-state index contributed by atoms with van der Waals surface area (Å²) in [4.78, 5) is 0. The van der Waals surface area contributed by atoms with Crippen LogP contribution in [-0.2, 0) is 5.41 Å². The highest BCUT2D eigenvalue weighted by Gasteiger charge is 2.16. The van der Waals surface area contributed by atoms with Crippen LogP contribution in [0.4, 0.5) is 4.39 Å². The molecule has 1 aromatic carbocycles. The van der Waals surface area contributed by atoms with Crippen LogP contribution in [0.5, 0.6) is 0 Å². The second kappa shape index (κ2) is 6.47. The minimum absolute atomic E-state index is 0.0286. The molecule has 0 bridgehead atoms. The Labute approximate surface area is 99.2 Å². The molecule has 3 radical (unpaired) electrons. The van der Waals surface area contributed by atoms with E-state index in [1.165, 1.54) is 12.1 Å². The van der Waals surface area contributed by atoms with Crippen molar-refractivity contribution in [2.45, 2.75) is 33.1 Å². The summed E-state index contributed by atoms with van der Waals surface area (Å²) in [5, 5.41) is 0. The first kappa shape index (κ1) is 14.9. The van der Waals surface area contributed by atoms with Crippen LogP contribution in [0.15, 0.2) is 24.3 Å². The van der Waals surface area contributed by atoms with Crippen LogP contribution in [0.25, 0.3) is 0 Å². The van der Waals surface area contributed by atoms with Crippen LogP contribution in [0.2, 0.25) is 0 Å². The van der Waals surface area contributed by atoms with E-state index in [0.29, 0.717) is 0 Å². The van der Waals surface area contributed by atoms with Crippen molar-refractivity contribution in [3.8, 4) is 0 Å². The van der Waals surface area contributed by atoms with E-state index in [-0.39, 0.29) is 11.2 Å². The minimum Gasteiger partial charge on any atom is -0.207 e. The van der Waals surface area contributed by atoms with Crippen molar-refractivity contribution < 1.29 is 4.39 Å². The molecule has 0 atom stereocenters. The number of rotatable bonds is 1. The van der Waals surface area contributed by atoms with Crippen LogP contribution in [0, 0.1) is 25.7 Å². The van der Waals surface area contributed by atoms with Gasteiger partial charge in [-0.1, -0.05) is 46.4 Å². The molecule has 0 amide bonds. The Balaban J connectivity index is 0.000000487. The van der Waals surface area contributed by atoms with Gasteiger partial charge in [-0.2, -0.15) is 0 Å². The van der Waals surface area contributed by atoms with E-state index in [4.69, 9.17) is 6.58 Å². The molecule has 0 heterocycles. The van der Waals surface area contributed by atoms with Gasteiger partial charge in [-0.3, -0.25) is 0 Å². The fourth-order valence-electron chi connectivity index (χ4n) is 1.25. The molecule has 0 fully saturated rings. The van der Waals surface area contributed by atoms with Gasteiger partial charge in [0.15, 0.2) is 0 Å². The van der Waals surface area contributed by atoms with E-state index < -0.39 is 0 Å². The van der Waals surface area contributed by atoms with Crippen molar-refractivity contribution in [3.05, 3.63) is 61.1 Å². The molecule has 0 spiro atoms. The maximum atomic E-state index is 12.8. The molecule has 87 valence electrons. The molecule has 0 aromatic heterocycles. The van der Waals surface area contributed by atoms with E-state index in [1.807, 2.05) is 6.92 Å². The molecule has 0 nitrogen and oxygen atoms in total. The van der Waals surface area contributed by atoms with E-state index in [2.05, 4.69) is 27.7 Å². The number of halogens is 1. The van der Waals surface area contributed by atoms with Crippen LogP contribution in [-0.4, -0.2) is 0 Å². The zero-order valence-electron chi connectivity index (χ0n) is 10.5. The van der Waals surface area contributed by atoms with Gasteiger partial charge in [0.2, 0.25) is 0 Å². The number of allylic oxidation sites excluding steroid dienone is 1. The molecule has 0 N–H and O–H groups in total. The molecule has 16 heavy (non-hydrogen) atoms. The molecule has 1 rings (SSSR count). The Morgan fingerprint density at radius 1 is 1.31 bits per heavy atom. The van der Waals surface area contributed by atoms with E-state index in [1.54, 1.807) is 18.6 Å². The van der Waals surface area contributed by atoms with Gasteiger partial charge in [-0.25, -0.2) is 4.39 Å². The maximum absolute atomic E-state index is 12.8. The standard InChI is InChI=1S/C11H14F.C4H6/c1-8-5-6-9(12)7-10(8)11(2,3)4;1-3-4-2/h5-7H,1H2,2-4H3;1,3-4H,2H3. The Morgan fingerprint density at radius 3 is 2.12 bits per heavy atom. The van der Waals surface area contributed by atoms with Crippen LogP contribution < -0.4 is 0 Å². The van der Waals surface area contributed by atoms with Crippen LogP contribution >= 0.6 is 0 Å². The molecular weight excluding hydrogens is 199 g/mol. The Kier molecular flexibility index (Phi) is 6.02. The van der Waals surface area contributed by atoms with Crippen molar-refractivity contribution in [3.63, 3.8) is 0 Å². The highest BCUT2D eigenvalue weighted by Crippen LogP contribution is 2.25. The summed E-state index contributed by atoms with van der Waals surface area (Å²) in [6.07, 6.45) is 3.28. The molecule has 1 heteroatoms. The fraction of sp³-hybridized carbons (Fsp3) is 0.333. The molecule has 0 aliphatic heterocycles. The Hall–Kier alpha value is -1.11. The minimum atomic E-state index is -0.188. The third-order valence-electron chi connectivity index (χ3n) is 2.07. The van der Waals surface area contributed by atoms with E-state index in [0.717, 1.165) is 11.1 Å². The predicted molar refractivity (Wildman–Crippen MR) is 68.4 cm³/mol. The average Bonchev–Trinajstić information content (AvgIpc) is 2.20. The fourth-order valence-corrected chi connectivity index (χ4v) is 1.25. The number of hydrogen-bond donors (Lipinski definition) is 0. The Morgan fingerprint density at radius 2 is 1.81 bits per heavy atom. The third-order valence-corrected chi connectivity index (χ3v) is 2.07. The first-order valence-corrected chi connectivity index (χ1v) is 5.27. The number of hydrogen-bond acceptors (Lipinski definition) is 0. The average molecular weight is 219 g/mol. The zero-order chi connectivity index (χ0) is 12.8. The van der Waals surface area contributed by atoms with Gasteiger partial charge in [0.05, 0.1) is 0 Å². The SMILES string of the molecule is [CH2]c1ccc(F)cc1C(C)(C)C.[CH]=C[CH]C. The lowest BCUT2D eigenvalue weighted by molar-refractivity contribution is 0.570. The van der Waals surface area contributed by atoms with Crippen molar-refractivity contribution in [1.82, 2.24) is 0 Å². The predicted octanol–water partition coefficient (Wildman–Crippen LogP) is 4.51. The highest BCUT2D eigenvalue weighted by atomic mass is 19.1. The Bertz CT molecular complexity index is 332. The molecule has 0 saturated heterocycles. The van der Waals surface area contributed by atoms with E-state index >= 15 is 0 Å². The molecule has 0 aliphatic rings. The van der Waals surface area contributed by atoms with Gasteiger partial charge in [0.25, 0.3) is 0 Å². The summed E-state index contributed by atoms with van der Waals surface area (Å²) in [6, 6.07) is 4.72. The van der Waals surface area contributed by atoms with Gasteiger partial charge in [0, 0.05) is 0 Å². The second-order valence-corrected chi connectivity index (χ2v) is 4.58. The van der Waals surface area contributed by atoms with Crippen molar-refractivity contribution in [2.24, 2.45) is 0 Å². The van der Waals surface area contributed by atoms with Crippen molar-refractivity contribution >= 4 is 0 Å². The quantitative estimate of drug-likeness (QED) is 0.652. The van der Waals surface area contributed by atoms with Gasteiger partial charge in [-0.15, -0.1) is 0 Å². The van der Waals surface area contributed by atoms with Crippen molar-refractivity contribution in [2.75, 3.05) is 0 Å². The summed E-state index contributed by atoms with van der Waals surface area (Å²) >= 11 is 0. The normalized spacial score (nSPS) is 10.4. The summed E-state index contributed by atoms with van der Waals surface area (Å²) in [5.41, 5.74) is 1.85. The third kappa shape index (κ3) is 5.11. The lowest BCUT2D eigenvalue weighted by atomic mass is 9.84. The first-order chi connectivity index (χ1) is 7.32. The lowest BCUT2D eigenvalue weighted by Crippen LogP contribution is -2.13. The topological polar surface area (TPSA) is 0 Å². The molecule has 1 aromatic rings. The van der Waals surface area contributed by atoms with Crippen LogP contribution in [0.1, 0.15) is 38.8 Å². The van der Waals surface area contributed by atoms with Crippen LogP contribution in [0.3, 0.4) is 0 Å². The van der Waals surface area contributed by atoms with Gasteiger partial charge in [0.1, 0.15) is 5.82 Å².